The summed E-state index contributed by atoms with van der Waals surface area (Å²) in [5.41, 5.74) is -0.437. The van der Waals surface area contributed by atoms with E-state index in [0.717, 1.165) is 12.8 Å². The Balaban J connectivity index is 2.04. The molecule has 28 heavy (non-hydrogen) atoms. The van der Waals surface area contributed by atoms with E-state index < -0.39 is 23.0 Å². The van der Waals surface area contributed by atoms with Crippen LogP contribution in [-0.2, 0) is 0 Å². The van der Waals surface area contributed by atoms with Gasteiger partial charge in [-0.2, -0.15) is 14.5 Å². The number of thiocarbonyl (C=S) groups is 1. The van der Waals surface area contributed by atoms with Gasteiger partial charge in [0.05, 0.1) is 11.1 Å². The van der Waals surface area contributed by atoms with Gasteiger partial charge in [-0.3, -0.25) is 0 Å². The zero-order valence-corrected chi connectivity index (χ0v) is 16.4. The summed E-state index contributed by atoms with van der Waals surface area (Å²) in [7, 11) is 0. The van der Waals surface area contributed by atoms with Crippen LogP contribution in [0.3, 0.4) is 0 Å². The summed E-state index contributed by atoms with van der Waals surface area (Å²) in [5.74, 6) is -1.85. The van der Waals surface area contributed by atoms with Crippen LogP contribution in [0, 0.1) is 23.4 Å². The molecule has 0 bridgehead atoms. The van der Waals surface area contributed by atoms with E-state index in [1.807, 2.05) is 4.90 Å². The Labute approximate surface area is 169 Å². The van der Waals surface area contributed by atoms with Gasteiger partial charge in [-0.05, 0) is 18.8 Å². The van der Waals surface area contributed by atoms with Crippen molar-refractivity contribution < 1.29 is 13.2 Å². The number of benzene rings is 1. The number of hydrogen-bond donors (Lipinski definition) is 0. The van der Waals surface area contributed by atoms with Gasteiger partial charge in [0, 0.05) is 30.6 Å². The van der Waals surface area contributed by atoms with Crippen LogP contribution in [0.5, 0.6) is 0 Å². The molecule has 3 aromatic rings. The highest BCUT2D eigenvalue weighted by molar-refractivity contribution is 7.79. The highest BCUT2D eigenvalue weighted by Gasteiger charge is 2.29. The molecule has 1 aliphatic rings. The van der Waals surface area contributed by atoms with E-state index in [1.54, 1.807) is 0 Å². The van der Waals surface area contributed by atoms with Crippen molar-refractivity contribution in [1.82, 2.24) is 19.6 Å². The molecule has 2 aromatic heterocycles. The van der Waals surface area contributed by atoms with E-state index in [0.29, 0.717) is 37.0 Å². The van der Waals surface area contributed by atoms with E-state index in [9.17, 15) is 13.2 Å². The van der Waals surface area contributed by atoms with Crippen LogP contribution < -0.4 is 4.90 Å². The fourth-order valence-corrected chi connectivity index (χ4v) is 3.79. The lowest BCUT2D eigenvalue weighted by Crippen LogP contribution is -2.35. The molecule has 1 saturated heterocycles. The molecular weight excluding hydrogens is 411 g/mol. The van der Waals surface area contributed by atoms with Crippen LogP contribution in [0.1, 0.15) is 25.6 Å². The van der Waals surface area contributed by atoms with Gasteiger partial charge in [0.25, 0.3) is 5.78 Å². The molecule has 0 atom stereocenters. The van der Waals surface area contributed by atoms with Gasteiger partial charge in [-0.25, -0.2) is 13.2 Å². The Hall–Kier alpha value is -2.26. The molecule has 0 unspecified atom stereocenters. The fraction of sp³-hybridized carbons (Fsp3) is 0.333. The summed E-state index contributed by atoms with van der Waals surface area (Å²) >= 11 is 11.2. The van der Waals surface area contributed by atoms with Crippen LogP contribution in [-0.4, -0.2) is 38.0 Å². The Bertz CT molecular complexity index is 1060. The Kier molecular flexibility index (Phi) is 4.96. The summed E-state index contributed by atoms with van der Waals surface area (Å²) in [6.07, 6.45) is 1.79. The first-order valence-corrected chi connectivity index (χ1v) is 9.55. The highest BCUT2D eigenvalue weighted by Crippen LogP contribution is 2.40. The molecule has 0 saturated carbocycles. The van der Waals surface area contributed by atoms with Gasteiger partial charge < -0.3 is 4.90 Å². The van der Waals surface area contributed by atoms with Crippen LogP contribution in [0.4, 0.5) is 19.0 Å². The molecule has 10 heteroatoms. The topological polar surface area (TPSA) is 46.3 Å². The number of halogens is 4. The van der Waals surface area contributed by atoms with E-state index in [-0.39, 0.29) is 22.3 Å². The van der Waals surface area contributed by atoms with E-state index in [2.05, 4.69) is 22.0 Å². The first-order valence-electron chi connectivity index (χ1n) is 8.70. The van der Waals surface area contributed by atoms with Crippen molar-refractivity contribution in [3.63, 3.8) is 0 Å². The summed E-state index contributed by atoms with van der Waals surface area (Å²) in [4.78, 5) is 10.3. The average Bonchev–Trinajstić information content (AvgIpc) is 3.04. The molecular formula is C18H15ClF3N5S. The minimum Gasteiger partial charge on any atom is -0.356 e. The predicted molar refractivity (Wildman–Crippen MR) is 104 cm³/mol. The molecule has 1 aromatic carbocycles. The van der Waals surface area contributed by atoms with Crippen molar-refractivity contribution in [2.45, 2.75) is 19.8 Å². The summed E-state index contributed by atoms with van der Waals surface area (Å²) in [6.45, 7) is 3.42. The van der Waals surface area contributed by atoms with Crippen molar-refractivity contribution >= 4 is 40.8 Å². The van der Waals surface area contributed by atoms with Crippen LogP contribution in [0.2, 0.25) is 5.15 Å². The number of hydrogen-bond acceptors (Lipinski definition) is 5. The quantitative estimate of drug-likeness (QED) is 0.458. The summed E-state index contributed by atoms with van der Waals surface area (Å²) in [6, 6.07) is 1.23. The van der Waals surface area contributed by atoms with Gasteiger partial charge in [0.15, 0.2) is 5.82 Å². The van der Waals surface area contributed by atoms with Gasteiger partial charge in [0.1, 0.15) is 28.4 Å². The maximum absolute atomic E-state index is 14.6. The standard InChI is InChI=1S/C18H15ClF3N5S/c1-9-2-4-26(5-3-9)17-15(14-11(21)6-10(20)7-12(14)22)16(19)24-18-23-13(8-28)25-27(17)18/h6-9H,2-5H2,1H3. The molecule has 0 spiro atoms. The zero-order chi connectivity index (χ0) is 20.0. The van der Waals surface area contributed by atoms with Crippen molar-refractivity contribution in [3.8, 4) is 11.1 Å². The maximum atomic E-state index is 14.6. The molecule has 4 rings (SSSR count). The third-order valence-corrected chi connectivity index (χ3v) is 5.36. The third-order valence-electron chi connectivity index (χ3n) is 4.88. The smallest absolute Gasteiger partial charge is 0.256 e. The second-order valence-corrected chi connectivity index (χ2v) is 7.41. The molecule has 5 nitrogen and oxygen atoms in total. The van der Waals surface area contributed by atoms with E-state index in [4.69, 9.17) is 23.8 Å². The number of nitrogens with zero attached hydrogens (tertiary/aromatic N) is 5. The molecule has 0 aliphatic carbocycles. The average molecular weight is 426 g/mol. The highest BCUT2D eigenvalue weighted by atomic mass is 35.5. The minimum atomic E-state index is -1.07. The van der Waals surface area contributed by atoms with Gasteiger partial charge in [0.2, 0.25) is 0 Å². The maximum Gasteiger partial charge on any atom is 0.256 e. The van der Waals surface area contributed by atoms with Crippen LogP contribution >= 0.6 is 23.8 Å². The SMILES string of the molecule is CC1CCN(c2c(-c3c(F)cc(F)cc3F)c(Cl)nc3nc(C=S)nn23)CC1. The van der Waals surface area contributed by atoms with Crippen molar-refractivity contribution in [2.75, 3.05) is 18.0 Å². The Morgan fingerprint density at radius 2 is 1.75 bits per heavy atom. The van der Waals surface area contributed by atoms with Gasteiger partial charge in [-0.1, -0.05) is 30.7 Å². The number of rotatable bonds is 3. The summed E-state index contributed by atoms with van der Waals surface area (Å²) < 4.78 is 44.0. The van der Waals surface area contributed by atoms with Gasteiger partial charge in [-0.15, -0.1) is 5.10 Å². The summed E-state index contributed by atoms with van der Waals surface area (Å²) in [5, 5.41) is 5.43. The molecule has 1 fully saturated rings. The zero-order valence-electron chi connectivity index (χ0n) is 14.8. The molecule has 146 valence electrons. The number of fused-ring (bicyclic) bond motifs is 1. The largest absolute Gasteiger partial charge is 0.356 e. The third kappa shape index (κ3) is 3.22. The first-order chi connectivity index (χ1) is 13.4. The molecule has 0 amide bonds. The number of anilines is 1. The van der Waals surface area contributed by atoms with E-state index in [1.165, 1.54) is 9.88 Å². The normalized spacial score (nSPS) is 15.4. The first kappa shape index (κ1) is 19.1. The van der Waals surface area contributed by atoms with Crippen molar-refractivity contribution in [3.05, 3.63) is 40.6 Å². The molecule has 3 heterocycles. The molecule has 1 aliphatic heterocycles. The van der Waals surface area contributed by atoms with Crippen LogP contribution in [0.25, 0.3) is 16.9 Å². The lowest BCUT2D eigenvalue weighted by molar-refractivity contribution is 0.435. The second kappa shape index (κ2) is 7.29. The second-order valence-electron chi connectivity index (χ2n) is 6.81. The van der Waals surface area contributed by atoms with Crippen LogP contribution in [0.15, 0.2) is 12.1 Å². The number of aromatic nitrogens is 4. The molecule has 0 radical (unpaired) electrons. The van der Waals surface area contributed by atoms with Crippen molar-refractivity contribution in [2.24, 2.45) is 5.92 Å². The lowest BCUT2D eigenvalue weighted by Gasteiger charge is -2.33. The Morgan fingerprint density at radius 3 is 2.36 bits per heavy atom. The Morgan fingerprint density at radius 1 is 1.11 bits per heavy atom. The lowest BCUT2D eigenvalue weighted by atomic mass is 9.98. The number of piperidine rings is 1. The van der Waals surface area contributed by atoms with Gasteiger partial charge >= 0.3 is 0 Å². The monoisotopic (exact) mass is 425 g/mol. The fourth-order valence-electron chi connectivity index (χ4n) is 3.43. The van der Waals surface area contributed by atoms with E-state index >= 15 is 0 Å². The predicted octanol–water partition coefficient (Wildman–Crippen LogP) is 4.45. The van der Waals surface area contributed by atoms with Crippen molar-refractivity contribution in [1.29, 1.82) is 0 Å². The molecule has 0 N–H and O–H groups in total. The minimum absolute atomic E-state index is 0.0135.